The zero-order chi connectivity index (χ0) is 19.0. The van der Waals surface area contributed by atoms with E-state index in [9.17, 15) is 8.42 Å². The highest BCUT2D eigenvalue weighted by Crippen LogP contribution is 2.37. The number of rotatable bonds is 5. The second-order valence-electron chi connectivity index (χ2n) is 7.62. The highest BCUT2D eigenvalue weighted by atomic mass is 32.2. The molecule has 0 aliphatic heterocycles. The Balaban J connectivity index is 1.42. The van der Waals surface area contributed by atoms with E-state index in [1.165, 1.54) is 27.5 Å². The van der Waals surface area contributed by atoms with E-state index >= 15 is 0 Å². The van der Waals surface area contributed by atoms with Crippen LogP contribution < -0.4 is 5.32 Å². The van der Waals surface area contributed by atoms with Crippen molar-refractivity contribution >= 4 is 31.3 Å². The lowest BCUT2D eigenvalue weighted by molar-refractivity contribution is 0.459. The summed E-state index contributed by atoms with van der Waals surface area (Å²) in [5.74, 6) is 0.502. The molecule has 3 atom stereocenters. The first-order valence-corrected chi connectivity index (χ1v) is 12.2. The van der Waals surface area contributed by atoms with Gasteiger partial charge in [-0.3, -0.25) is 0 Å². The number of hydrogen-bond acceptors (Lipinski definition) is 4. The lowest BCUT2D eigenvalue weighted by Crippen LogP contribution is -2.29. The van der Waals surface area contributed by atoms with Crippen molar-refractivity contribution in [3.05, 3.63) is 65.0 Å². The molecule has 0 bridgehead atoms. The van der Waals surface area contributed by atoms with Crippen molar-refractivity contribution in [2.24, 2.45) is 0 Å². The summed E-state index contributed by atoms with van der Waals surface area (Å²) in [6.07, 6.45) is 4.66. The molecule has 1 saturated carbocycles. The van der Waals surface area contributed by atoms with Crippen molar-refractivity contribution in [2.45, 2.75) is 49.1 Å². The fourth-order valence-corrected chi connectivity index (χ4v) is 5.89. The molecule has 1 aromatic heterocycles. The zero-order valence-corrected chi connectivity index (χ0v) is 17.3. The van der Waals surface area contributed by atoms with E-state index in [1.54, 1.807) is 12.1 Å². The number of benzene rings is 2. The Morgan fingerprint density at radius 3 is 2.56 bits per heavy atom. The van der Waals surface area contributed by atoms with Gasteiger partial charge in [-0.15, -0.1) is 11.3 Å². The van der Waals surface area contributed by atoms with Crippen LogP contribution >= 0.6 is 11.3 Å². The standard InChI is InChI=1S/C22H25NO2S2/c1-15(21-14-26-22-6-4-3-5-20(21)22)23-18-10-7-17(13-18)16-8-11-19(12-9-16)27(2,24)25/h3-6,8-9,11-12,14-15,17-18,23H,7,10,13H2,1-2H3/t15-,17+,18?/m1/s1. The van der Waals surface area contributed by atoms with Crippen molar-refractivity contribution in [2.75, 3.05) is 6.26 Å². The molecule has 1 aliphatic carbocycles. The third kappa shape index (κ3) is 3.96. The van der Waals surface area contributed by atoms with E-state index in [2.05, 4.69) is 41.9 Å². The average molecular weight is 400 g/mol. The molecule has 1 unspecified atom stereocenters. The van der Waals surface area contributed by atoms with Crippen molar-refractivity contribution < 1.29 is 8.42 Å². The Bertz CT molecular complexity index is 1040. The summed E-state index contributed by atoms with van der Waals surface area (Å²) in [4.78, 5) is 0.400. The Kier molecular flexibility index (Phi) is 5.10. The Labute approximate surface area is 165 Å². The molecule has 0 amide bonds. The maximum absolute atomic E-state index is 11.6. The summed E-state index contributed by atoms with van der Waals surface area (Å²) in [6.45, 7) is 2.25. The van der Waals surface area contributed by atoms with Gasteiger partial charge in [0.25, 0.3) is 0 Å². The summed E-state index contributed by atoms with van der Waals surface area (Å²) < 4.78 is 24.6. The first-order valence-electron chi connectivity index (χ1n) is 9.44. The molecule has 1 N–H and O–H groups in total. The van der Waals surface area contributed by atoms with Crippen molar-refractivity contribution in [3.63, 3.8) is 0 Å². The van der Waals surface area contributed by atoms with Crippen LogP contribution in [0.2, 0.25) is 0 Å². The third-order valence-electron chi connectivity index (χ3n) is 5.68. The number of nitrogens with one attached hydrogen (secondary N) is 1. The Morgan fingerprint density at radius 2 is 1.81 bits per heavy atom. The number of sulfone groups is 1. The van der Waals surface area contributed by atoms with Crippen LogP contribution in [0.25, 0.3) is 10.1 Å². The van der Waals surface area contributed by atoms with Gasteiger partial charge in [0.15, 0.2) is 9.84 Å². The monoisotopic (exact) mass is 399 g/mol. The van der Waals surface area contributed by atoms with Gasteiger partial charge in [-0.2, -0.15) is 0 Å². The minimum Gasteiger partial charge on any atom is -0.307 e. The van der Waals surface area contributed by atoms with Gasteiger partial charge < -0.3 is 5.32 Å². The van der Waals surface area contributed by atoms with E-state index in [-0.39, 0.29) is 0 Å². The summed E-state index contributed by atoms with van der Waals surface area (Å²) in [5.41, 5.74) is 2.64. The average Bonchev–Trinajstić information content (AvgIpc) is 3.28. The van der Waals surface area contributed by atoms with Crippen LogP contribution in [0.3, 0.4) is 0 Å². The summed E-state index contributed by atoms with van der Waals surface area (Å²) in [6, 6.07) is 16.9. The van der Waals surface area contributed by atoms with Gasteiger partial charge >= 0.3 is 0 Å². The fourth-order valence-electron chi connectivity index (χ4n) is 4.20. The molecule has 2 aromatic carbocycles. The molecule has 3 aromatic rings. The second-order valence-corrected chi connectivity index (χ2v) is 10.6. The van der Waals surface area contributed by atoms with Crippen LogP contribution in [-0.2, 0) is 9.84 Å². The largest absolute Gasteiger partial charge is 0.307 e. The zero-order valence-electron chi connectivity index (χ0n) is 15.7. The molecular formula is C22H25NO2S2. The summed E-state index contributed by atoms with van der Waals surface area (Å²) >= 11 is 1.81. The highest BCUT2D eigenvalue weighted by molar-refractivity contribution is 7.90. The fraction of sp³-hybridized carbons (Fsp3) is 0.364. The Hall–Kier alpha value is -1.69. The molecule has 27 heavy (non-hydrogen) atoms. The molecule has 0 radical (unpaired) electrons. The smallest absolute Gasteiger partial charge is 0.175 e. The molecule has 0 spiro atoms. The summed E-state index contributed by atoms with van der Waals surface area (Å²) in [7, 11) is -3.12. The third-order valence-corrected chi connectivity index (χ3v) is 7.79. The van der Waals surface area contributed by atoms with E-state index in [0.29, 0.717) is 22.9 Å². The van der Waals surface area contributed by atoms with Crippen LogP contribution in [0.5, 0.6) is 0 Å². The normalized spacial score (nSPS) is 21.6. The molecule has 142 valence electrons. The SMILES string of the molecule is C[C@@H](NC1CC[C@H](c2ccc(S(C)(=O)=O)cc2)C1)c1csc2ccccc12. The molecule has 1 aliphatic rings. The van der Waals surface area contributed by atoms with Crippen LogP contribution in [-0.4, -0.2) is 20.7 Å². The van der Waals surface area contributed by atoms with Gasteiger partial charge in [0, 0.05) is 23.0 Å². The van der Waals surface area contributed by atoms with E-state index in [1.807, 2.05) is 23.5 Å². The molecular weight excluding hydrogens is 374 g/mol. The van der Waals surface area contributed by atoms with Gasteiger partial charge in [0.2, 0.25) is 0 Å². The number of thiophene rings is 1. The van der Waals surface area contributed by atoms with Gasteiger partial charge in [-0.25, -0.2) is 8.42 Å². The topological polar surface area (TPSA) is 46.2 Å². The maximum Gasteiger partial charge on any atom is 0.175 e. The minimum atomic E-state index is -3.12. The second kappa shape index (κ2) is 7.38. The molecule has 3 nitrogen and oxygen atoms in total. The predicted molar refractivity (Wildman–Crippen MR) is 113 cm³/mol. The van der Waals surface area contributed by atoms with Crippen LogP contribution in [0.1, 0.15) is 49.3 Å². The summed E-state index contributed by atoms with van der Waals surface area (Å²) in [5, 5.41) is 7.45. The van der Waals surface area contributed by atoms with Crippen molar-refractivity contribution in [1.82, 2.24) is 5.32 Å². The molecule has 0 saturated heterocycles. The van der Waals surface area contributed by atoms with Gasteiger partial charge in [-0.1, -0.05) is 30.3 Å². The van der Waals surface area contributed by atoms with Crippen molar-refractivity contribution in [3.8, 4) is 0 Å². The molecule has 1 heterocycles. The van der Waals surface area contributed by atoms with E-state index < -0.39 is 9.84 Å². The number of fused-ring (bicyclic) bond motifs is 1. The first-order chi connectivity index (χ1) is 12.9. The van der Waals surface area contributed by atoms with Crippen LogP contribution in [0.4, 0.5) is 0 Å². The van der Waals surface area contributed by atoms with Crippen molar-refractivity contribution in [1.29, 1.82) is 0 Å². The van der Waals surface area contributed by atoms with Crippen LogP contribution in [0.15, 0.2) is 58.8 Å². The highest BCUT2D eigenvalue weighted by Gasteiger charge is 2.27. The van der Waals surface area contributed by atoms with Gasteiger partial charge in [0.05, 0.1) is 4.90 Å². The van der Waals surface area contributed by atoms with Gasteiger partial charge in [-0.05, 0) is 72.2 Å². The van der Waals surface area contributed by atoms with Gasteiger partial charge in [0.1, 0.15) is 0 Å². The molecule has 1 fully saturated rings. The van der Waals surface area contributed by atoms with E-state index in [4.69, 9.17) is 0 Å². The minimum absolute atomic E-state index is 0.331. The first kappa shape index (κ1) is 18.7. The quantitative estimate of drug-likeness (QED) is 0.634. The van der Waals surface area contributed by atoms with Crippen LogP contribution in [0, 0.1) is 0 Å². The molecule has 4 rings (SSSR count). The lowest BCUT2D eigenvalue weighted by Gasteiger charge is -2.20. The van der Waals surface area contributed by atoms with E-state index in [0.717, 1.165) is 19.3 Å². The maximum atomic E-state index is 11.6. The molecule has 5 heteroatoms. The lowest BCUT2D eigenvalue weighted by atomic mass is 9.97. The number of hydrogen-bond donors (Lipinski definition) is 1. The Morgan fingerprint density at radius 1 is 1.07 bits per heavy atom. The predicted octanol–water partition coefficient (Wildman–Crippen LogP) is 5.29.